The van der Waals surface area contributed by atoms with E-state index in [1.165, 1.54) is 11.1 Å². The van der Waals surface area contributed by atoms with Crippen LogP contribution in [-0.2, 0) is 16.0 Å². The number of carbonyl (C=O) groups is 1. The van der Waals surface area contributed by atoms with E-state index >= 15 is 0 Å². The molecule has 0 bridgehead atoms. The Morgan fingerprint density at radius 3 is 2.31 bits per heavy atom. The number of amides is 1. The van der Waals surface area contributed by atoms with Crippen LogP contribution < -0.4 is 0 Å². The van der Waals surface area contributed by atoms with Crippen molar-refractivity contribution in [2.45, 2.75) is 51.4 Å². The Bertz CT molecular complexity index is 795. The number of likely N-dealkylation sites (tertiary alicyclic amines) is 1. The molecule has 0 aliphatic carbocycles. The van der Waals surface area contributed by atoms with Gasteiger partial charge < -0.3 is 9.64 Å². The number of benzene rings is 2. The van der Waals surface area contributed by atoms with Crippen LogP contribution in [0.25, 0.3) is 11.1 Å². The fraction of sp³-hybridized carbons (Fsp3) is 0.480. The third-order valence-electron chi connectivity index (χ3n) is 6.08. The molecule has 0 aromatic heterocycles. The largest absolute Gasteiger partial charge is 0.373 e. The molecule has 1 amide bonds. The summed E-state index contributed by atoms with van der Waals surface area (Å²) >= 11 is 0. The highest BCUT2D eigenvalue weighted by Crippen LogP contribution is 2.23. The minimum Gasteiger partial charge on any atom is -0.373 e. The zero-order valence-electron chi connectivity index (χ0n) is 17.6. The summed E-state index contributed by atoms with van der Waals surface area (Å²) in [4.78, 5) is 17.6. The fourth-order valence-electron chi connectivity index (χ4n) is 4.81. The first kappa shape index (κ1) is 20.1. The number of hydrogen-bond donors (Lipinski definition) is 0. The number of nitrogens with zero attached hydrogens (tertiary/aromatic N) is 2. The Balaban J connectivity index is 1.36. The quantitative estimate of drug-likeness (QED) is 0.771. The second-order valence-corrected chi connectivity index (χ2v) is 8.60. The number of carbonyl (C=O) groups excluding carboxylic acids is 1. The van der Waals surface area contributed by atoms with Crippen LogP contribution in [0.15, 0.2) is 54.6 Å². The lowest BCUT2D eigenvalue weighted by Gasteiger charge is -2.38. The van der Waals surface area contributed by atoms with E-state index in [2.05, 4.69) is 72.2 Å². The van der Waals surface area contributed by atoms with Gasteiger partial charge in [0.2, 0.25) is 5.91 Å². The standard InChI is InChI=1S/C25H32N2O2/c1-19-16-26(17-20(2)29-19)18-24-9-6-14-27(24)25(28)15-21-10-12-23(13-11-21)22-7-4-3-5-8-22/h3-5,7-8,10-13,19-20,24H,6,9,14-18H2,1-2H3/t19-,20+,24-/m1/s1. The van der Waals surface area contributed by atoms with Gasteiger partial charge in [0.15, 0.2) is 0 Å². The molecule has 154 valence electrons. The molecule has 0 radical (unpaired) electrons. The molecule has 29 heavy (non-hydrogen) atoms. The van der Waals surface area contributed by atoms with Crippen molar-refractivity contribution in [2.24, 2.45) is 0 Å². The van der Waals surface area contributed by atoms with Crippen LogP contribution in [0.5, 0.6) is 0 Å². The average Bonchev–Trinajstić information content (AvgIpc) is 3.17. The van der Waals surface area contributed by atoms with Crippen molar-refractivity contribution in [3.63, 3.8) is 0 Å². The topological polar surface area (TPSA) is 32.8 Å². The molecule has 0 spiro atoms. The van der Waals surface area contributed by atoms with Crippen molar-refractivity contribution in [1.29, 1.82) is 0 Å². The van der Waals surface area contributed by atoms with Crippen LogP contribution in [0.2, 0.25) is 0 Å². The van der Waals surface area contributed by atoms with Crippen molar-refractivity contribution >= 4 is 5.91 Å². The maximum Gasteiger partial charge on any atom is 0.227 e. The average molecular weight is 393 g/mol. The highest BCUT2D eigenvalue weighted by atomic mass is 16.5. The third-order valence-corrected chi connectivity index (χ3v) is 6.08. The normalized spacial score (nSPS) is 25.3. The van der Waals surface area contributed by atoms with Crippen molar-refractivity contribution in [2.75, 3.05) is 26.2 Å². The number of rotatable bonds is 5. The molecular formula is C25H32N2O2. The Morgan fingerprint density at radius 1 is 0.966 bits per heavy atom. The molecule has 4 nitrogen and oxygen atoms in total. The van der Waals surface area contributed by atoms with Gasteiger partial charge in [-0.05, 0) is 43.4 Å². The molecule has 0 N–H and O–H groups in total. The van der Waals surface area contributed by atoms with Gasteiger partial charge in [-0.2, -0.15) is 0 Å². The van der Waals surface area contributed by atoms with Crippen LogP contribution in [0, 0.1) is 0 Å². The maximum absolute atomic E-state index is 13.0. The van der Waals surface area contributed by atoms with E-state index in [0.29, 0.717) is 12.5 Å². The summed E-state index contributed by atoms with van der Waals surface area (Å²) in [6.45, 7) is 8.06. The maximum atomic E-state index is 13.0. The van der Waals surface area contributed by atoms with Crippen molar-refractivity contribution in [1.82, 2.24) is 9.80 Å². The molecule has 3 atom stereocenters. The van der Waals surface area contributed by atoms with E-state index in [9.17, 15) is 4.79 Å². The van der Waals surface area contributed by atoms with Crippen LogP contribution in [0.3, 0.4) is 0 Å². The minimum absolute atomic E-state index is 0.259. The molecule has 2 heterocycles. The van der Waals surface area contributed by atoms with E-state index in [1.54, 1.807) is 0 Å². The molecule has 4 heteroatoms. The molecule has 0 unspecified atom stereocenters. The van der Waals surface area contributed by atoms with Gasteiger partial charge in [-0.25, -0.2) is 0 Å². The van der Waals surface area contributed by atoms with Gasteiger partial charge in [0.05, 0.1) is 18.6 Å². The number of hydrogen-bond acceptors (Lipinski definition) is 3. The van der Waals surface area contributed by atoms with Crippen LogP contribution in [-0.4, -0.2) is 60.1 Å². The van der Waals surface area contributed by atoms with E-state index in [0.717, 1.165) is 44.6 Å². The van der Waals surface area contributed by atoms with E-state index < -0.39 is 0 Å². The number of ether oxygens (including phenoxy) is 1. The molecular weight excluding hydrogens is 360 g/mol. The van der Waals surface area contributed by atoms with Gasteiger partial charge >= 0.3 is 0 Å². The first-order valence-electron chi connectivity index (χ1n) is 10.9. The zero-order chi connectivity index (χ0) is 20.2. The van der Waals surface area contributed by atoms with Crippen molar-refractivity contribution in [3.05, 3.63) is 60.2 Å². The van der Waals surface area contributed by atoms with Gasteiger partial charge in [-0.15, -0.1) is 0 Å². The lowest BCUT2D eigenvalue weighted by Crippen LogP contribution is -2.51. The molecule has 0 saturated carbocycles. The first-order valence-corrected chi connectivity index (χ1v) is 10.9. The predicted molar refractivity (Wildman–Crippen MR) is 117 cm³/mol. The van der Waals surface area contributed by atoms with E-state index in [4.69, 9.17) is 4.74 Å². The zero-order valence-corrected chi connectivity index (χ0v) is 17.6. The SMILES string of the molecule is C[C@@H]1CN(C[C@H]2CCCN2C(=O)Cc2ccc(-c3ccccc3)cc2)C[C@H](C)O1. The molecule has 2 aliphatic rings. The van der Waals surface area contributed by atoms with Gasteiger partial charge in [0.1, 0.15) is 0 Å². The summed E-state index contributed by atoms with van der Waals surface area (Å²) < 4.78 is 5.85. The lowest BCUT2D eigenvalue weighted by molar-refractivity contribution is -0.132. The molecule has 4 rings (SSSR count). The van der Waals surface area contributed by atoms with Crippen LogP contribution in [0.4, 0.5) is 0 Å². The predicted octanol–water partition coefficient (Wildman–Crippen LogP) is 4.00. The molecule has 2 saturated heterocycles. The lowest BCUT2D eigenvalue weighted by atomic mass is 10.0. The van der Waals surface area contributed by atoms with Crippen molar-refractivity contribution in [3.8, 4) is 11.1 Å². The second-order valence-electron chi connectivity index (χ2n) is 8.60. The molecule has 2 aromatic rings. The highest BCUT2D eigenvalue weighted by Gasteiger charge is 2.32. The Hall–Kier alpha value is -2.17. The summed E-state index contributed by atoms with van der Waals surface area (Å²) in [6.07, 6.45) is 3.25. The monoisotopic (exact) mass is 392 g/mol. The summed E-state index contributed by atoms with van der Waals surface area (Å²) in [5, 5.41) is 0. The smallest absolute Gasteiger partial charge is 0.227 e. The van der Waals surface area contributed by atoms with Gasteiger partial charge in [0.25, 0.3) is 0 Å². The van der Waals surface area contributed by atoms with Gasteiger partial charge in [0, 0.05) is 32.2 Å². The van der Waals surface area contributed by atoms with Crippen LogP contribution in [0.1, 0.15) is 32.3 Å². The fourth-order valence-corrected chi connectivity index (χ4v) is 4.81. The minimum atomic E-state index is 0.259. The summed E-state index contributed by atoms with van der Waals surface area (Å²) in [5.41, 5.74) is 3.49. The third kappa shape index (κ3) is 5.06. The first-order chi connectivity index (χ1) is 14.1. The second kappa shape index (κ2) is 9.10. The summed E-state index contributed by atoms with van der Waals surface area (Å²) in [5.74, 6) is 0.259. The van der Waals surface area contributed by atoms with Gasteiger partial charge in [-0.1, -0.05) is 54.6 Å². The summed E-state index contributed by atoms with van der Waals surface area (Å²) in [6, 6.07) is 19.1. The van der Waals surface area contributed by atoms with Crippen molar-refractivity contribution < 1.29 is 9.53 Å². The summed E-state index contributed by atoms with van der Waals surface area (Å²) in [7, 11) is 0. The Kier molecular flexibility index (Phi) is 6.31. The Morgan fingerprint density at radius 2 is 1.62 bits per heavy atom. The van der Waals surface area contributed by atoms with E-state index in [-0.39, 0.29) is 18.1 Å². The van der Waals surface area contributed by atoms with E-state index in [1.807, 2.05) is 6.07 Å². The molecule has 2 aliphatic heterocycles. The molecule has 2 fully saturated rings. The van der Waals surface area contributed by atoms with Gasteiger partial charge in [-0.3, -0.25) is 9.69 Å². The highest BCUT2D eigenvalue weighted by molar-refractivity contribution is 5.79. The Labute approximate surface area is 174 Å². The number of morpholine rings is 1. The molecule has 2 aromatic carbocycles. The van der Waals surface area contributed by atoms with Crippen LogP contribution >= 0.6 is 0 Å².